The number of rotatable bonds is 11. The van der Waals surface area contributed by atoms with Crippen LogP contribution in [-0.2, 0) is 12.8 Å². The third kappa shape index (κ3) is 6.76. The predicted octanol–water partition coefficient (Wildman–Crippen LogP) is 4.24. The number of benzene rings is 1. The fourth-order valence-electron chi connectivity index (χ4n) is 4.06. The van der Waals surface area contributed by atoms with Crippen molar-refractivity contribution < 1.29 is 0 Å². The van der Waals surface area contributed by atoms with Gasteiger partial charge in [0.25, 0.3) is 0 Å². The molecule has 0 amide bonds. The SMILES string of the molecule is CCNC(=NCCCc1ccccc1)NCCCc1nnc(SC)n1C1CCCC1. The van der Waals surface area contributed by atoms with Crippen LogP contribution in [0, 0.1) is 0 Å². The van der Waals surface area contributed by atoms with Gasteiger partial charge in [-0.1, -0.05) is 54.9 Å². The van der Waals surface area contributed by atoms with E-state index in [1.807, 2.05) is 0 Å². The van der Waals surface area contributed by atoms with Gasteiger partial charge in [-0.25, -0.2) is 0 Å². The molecule has 7 heteroatoms. The third-order valence-electron chi connectivity index (χ3n) is 5.56. The van der Waals surface area contributed by atoms with E-state index in [1.54, 1.807) is 11.8 Å². The molecule has 0 saturated heterocycles. The van der Waals surface area contributed by atoms with Gasteiger partial charge in [0.05, 0.1) is 0 Å². The number of hydrogen-bond acceptors (Lipinski definition) is 4. The number of aryl methyl sites for hydroxylation is 2. The quantitative estimate of drug-likeness (QED) is 0.243. The highest BCUT2D eigenvalue weighted by molar-refractivity contribution is 7.98. The first-order valence-corrected chi connectivity index (χ1v) is 12.6. The van der Waals surface area contributed by atoms with Gasteiger partial charge in [-0.3, -0.25) is 4.99 Å². The summed E-state index contributed by atoms with van der Waals surface area (Å²) in [5.74, 6) is 2.05. The highest BCUT2D eigenvalue weighted by Gasteiger charge is 2.23. The van der Waals surface area contributed by atoms with Gasteiger partial charge >= 0.3 is 0 Å². The second-order valence-electron chi connectivity index (χ2n) is 7.79. The van der Waals surface area contributed by atoms with Crippen LogP contribution in [0.4, 0.5) is 0 Å². The maximum atomic E-state index is 4.73. The van der Waals surface area contributed by atoms with E-state index in [1.165, 1.54) is 31.2 Å². The molecule has 0 atom stereocenters. The summed E-state index contributed by atoms with van der Waals surface area (Å²) in [5.41, 5.74) is 1.38. The van der Waals surface area contributed by atoms with Crippen LogP contribution >= 0.6 is 11.8 Å². The molecule has 0 spiro atoms. The number of aromatic nitrogens is 3. The first kappa shape index (κ1) is 22.7. The summed E-state index contributed by atoms with van der Waals surface area (Å²) >= 11 is 1.71. The van der Waals surface area contributed by atoms with E-state index < -0.39 is 0 Å². The molecule has 164 valence electrons. The molecule has 2 N–H and O–H groups in total. The highest BCUT2D eigenvalue weighted by atomic mass is 32.2. The number of thioether (sulfide) groups is 1. The molecule has 1 heterocycles. The largest absolute Gasteiger partial charge is 0.357 e. The Hall–Kier alpha value is -2.02. The van der Waals surface area contributed by atoms with Crippen LogP contribution in [0.25, 0.3) is 0 Å². The normalized spacial score (nSPS) is 14.9. The van der Waals surface area contributed by atoms with Gasteiger partial charge in [0, 0.05) is 32.1 Å². The van der Waals surface area contributed by atoms with Crippen LogP contribution in [0.5, 0.6) is 0 Å². The summed E-state index contributed by atoms with van der Waals surface area (Å²) in [6.07, 6.45) is 11.4. The molecule has 2 aromatic rings. The van der Waals surface area contributed by atoms with Crippen molar-refractivity contribution in [2.75, 3.05) is 25.9 Å². The molecule has 1 aromatic heterocycles. The van der Waals surface area contributed by atoms with E-state index in [0.29, 0.717) is 6.04 Å². The maximum Gasteiger partial charge on any atom is 0.191 e. The highest BCUT2D eigenvalue weighted by Crippen LogP contribution is 2.33. The summed E-state index contributed by atoms with van der Waals surface area (Å²) in [7, 11) is 0. The van der Waals surface area contributed by atoms with Crippen LogP contribution < -0.4 is 10.6 Å². The zero-order chi connectivity index (χ0) is 21.0. The van der Waals surface area contributed by atoms with Crippen molar-refractivity contribution in [2.24, 2.45) is 4.99 Å². The smallest absolute Gasteiger partial charge is 0.191 e. The first-order valence-electron chi connectivity index (χ1n) is 11.4. The third-order valence-corrected chi connectivity index (χ3v) is 6.20. The van der Waals surface area contributed by atoms with Crippen molar-refractivity contribution in [2.45, 2.75) is 69.5 Å². The average Bonchev–Trinajstić information content (AvgIpc) is 3.44. The van der Waals surface area contributed by atoms with Crippen molar-refractivity contribution in [3.8, 4) is 0 Å². The Balaban J connectivity index is 1.44. The summed E-state index contributed by atoms with van der Waals surface area (Å²) < 4.78 is 2.40. The lowest BCUT2D eigenvalue weighted by Crippen LogP contribution is -2.38. The molecular formula is C23H36N6S. The van der Waals surface area contributed by atoms with E-state index in [-0.39, 0.29) is 0 Å². The zero-order valence-electron chi connectivity index (χ0n) is 18.4. The van der Waals surface area contributed by atoms with Crippen molar-refractivity contribution >= 4 is 17.7 Å². The number of aliphatic imine (C=N–C) groups is 1. The Morgan fingerprint density at radius 3 is 2.63 bits per heavy atom. The van der Waals surface area contributed by atoms with Gasteiger partial charge in [-0.05, 0) is 50.8 Å². The van der Waals surface area contributed by atoms with Crippen LogP contribution in [0.1, 0.15) is 62.9 Å². The molecule has 30 heavy (non-hydrogen) atoms. The number of hydrogen-bond donors (Lipinski definition) is 2. The van der Waals surface area contributed by atoms with Crippen LogP contribution in [0.2, 0.25) is 0 Å². The Bertz CT molecular complexity index is 767. The van der Waals surface area contributed by atoms with Gasteiger partial charge < -0.3 is 15.2 Å². The van der Waals surface area contributed by atoms with Crippen molar-refractivity contribution in [3.05, 3.63) is 41.7 Å². The zero-order valence-corrected chi connectivity index (χ0v) is 19.3. The molecule has 1 fully saturated rings. The molecule has 1 aromatic carbocycles. The van der Waals surface area contributed by atoms with Crippen LogP contribution in [0.15, 0.2) is 40.5 Å². The molecule has 1 saturated carbocycles. The van der Waals surface area contributed by atoms with Crippen molar-refractivity contribution in [3.63, 3.8) is 0 Å². The lowest BCUT2D eigenvalue weighted by molar-refractivity contribution is 0.460. The Morgan fingerprint density at radius 1 is 1.10 bits per heavy atom. The summed E-state index contributed by atoms with van der Waals surface area (Å²) in [4.78, 5) is 4.73. The maximum absolute atomic E-state index is 4.73. The van der Waals surface area contributed by atoms with Gasteiger partial charge in [0.15, 0.2) is 11.1 Å². The average molecular weight is 429 g/mol. The lowest BCUT2D eigenvalue weighted by Gasteiger charge is -2.16. The standard InChI is InChI=1S/C23H36N6S/c1-3-24-22(25-17-9-13-19-11-5-4-6-12-19)26-18-10-16-21-27-28-23(30-2)29(21)20-14-7-8-15-20/h4-6,11-12,20H,3,7-10,13-18H2,1-2H3,(H2,24,25,26). The predicted molar refractivity (Wildman–Crippen MR) is 126 cm³/mol. The molecular weight excluding hydrogens is 392 g/mol. The second kappa shape index (κ2) is 12.6. The van der Waals surface area contributed by atoms with Gasteiger partial charge in [0.1, 0.15) is 5.82 Å². The van der Waals surface area contributed by atoms with Gasteiger partial charge in [-0.2, -0.15) is 0 Å². The minimum absolute atomic E-state index is 0.592. The van der Waals surface area contributed by atoms with Crippen molar-refractivity contribution in [1.29, 1.82) is 0 Å². The molecule has 0 aliphatic heterocycles. The fraction of sp³-hybridized carbons (Fsp3) is 0.609. The van der Waals surface area contributed by atoms with E-state index >= 15 is 0 Å². The topological polar surface area (TPSA) is 67.1 Å². The number of nitrogens with zero attached hydrogens (tertiary/aromatic N) is 4. The molecule has 3 rings (SSSR count). The Morgan fingerprint density at radius 2 is 1.90 bits per heavy atom. The number of guanidine groups is 1. The molecule has 1 aliphatic carbocycles. The molecule has 0 bridgehead atoms. The minimum Gasteiger partial charge on any atom is -0.357 e. The van der Waals surface area contributed by atoms with Crippen molar-refractivity contribution in [1.82, 2.24) is 25.4 Å². The second-order valence-corrected chi connectivity index (χ2v) is 8.56. The Labute approximate surface area is 185 Å². The number of nitrogens with one attached hydrogen (secondary N) is 2. The van der Waals surface area contributed by atoms with Crippen LogP contribution in [-0.4, -0.2) is 46.6 Å². The first-order chi connectivity index (χ1) is 14.8. The monoisotopic (exact) mass is 428 g/mol. The molecule has 6 nitrogen and oxygen atoms in total. The summed E-state index contributed by atoms with van der Waals surface area (Å²) in [6, 6.07) is 11.2. The van der Waals surface area contributed by atoms with Crippen LogP contribution in [0.3, 0.4) is 0 Å². The van der Waals surface area contributed by atoms with Gasteiger partial charge in [-0.15, -0.1) is 10.2 Å². The molecule has 1 aliphatic rings. The Kier molecular flexibility index (Phi) is 9.54. The minimum atomic E-state index is 0.592. The molecule has 0 unspecified atom stereocenters. The van der Waals surface area contributed by atoms with Gasteiger partial charge in [0.2, 0.25) is 0 Å². The lowest BCUT2D eigenvalue weighted by atomic mass is 10.1. The summed E-state index contributed by atoms with van der Waals surface area (Å²) in [6.45, 7) is 4.70. The summed E-state index contributed by atoms with van der Waals surface area (Å²) in [5, 5.41) is 16.8. The van der Waals surface area contributed by atoms with E-state index in [0.717, 1.165) is 62.3 Å². The van der Waals surface area contributed by atoms with E-state index in [9.17, 15) is 0 Å². The fourth-order valence-corrected chi connectivity index (χ4v) is 4.63. The van der Waals surface area contributed by atoms with E-state index in [4.69, 9.17) is 4.99 Å². The molecule has 0 radical (unpaired) electrons. The van der Waals surface area contributed by atoms with E-state index in [2.05, 4.69) is 68.9 Å².